The number of fused-ring (bicyclic) bond motifs is 3. The standard InChI is InChI=1S/C61H68N6O2/c1-7-9-11-13-15-23-37-61(38-24-16-14-12-10-8-2)53-41-55(66(5)49-33-29-47(30-34-49)59-64-62-57(68-59)45-25-19-17-20-26-45)43(3)39-51(53)52-40-44(4)56(42-54(52)61)67(6)50-35-31-48(32-36-50)60-65-63-58(69-60)46-27-21-18-22-28-46/h17-22,25-36,39-42H,7-16,23-24,37-38H2,1-6H3. The number of hydrogen-bond acceptors (Lipinski definition) is 8. The molecule has 0 radical (unpaired) electrons. The molecule has 0 spiro atoms. The van der Waals surface area contributed by atoms with E-state index in [9.17, 15) is 0 Å². The van der Waals surface area contributed by atoms with E-state index >= 15 is 0 Å². The maximum absolute atomic E-state index is 6.13. The molecule has 6 aromatic carbocycles. The predicted molar refractivity (Wildman–Crippen MR) is 285 cm³/mol. The molecule has 0 aliphatic heterocycles. The third-order valence-electron chi connectivity index (χ3n) is 14.5. The molecule has 0 amide bonds. The lowest BCUT2D eigenvalue weighted by Crippen LogP contribution is -2.26. The SMILES string of the molecule is CCCCCCCCC1(CCCCCCCC)c2cc(N(C)c3ccc(-c4nnc(-c5ccccc5)o4)cc3)c(C)cc2-c2cc(C)c(N(C)c3ccc(-c4nnc(-c5ccccc5)o4)cc3)cc21. The van der Waals surface area contributed by atoms with Gasteiger partial charge in [-0.1, -0.05) is 127 Å². The van der Waals surface area contributed by atoms with Crippen LogP contribution in [-0.4, -0.2) is 34.5 Å². The zero-order chi connectivity index (χ0) is 47.7. The Balaban J connectivity index is 1.05. The number of aryl methyl sites for hydroxylation is 2. The van der Waals surface area contributed by atoms with Crippen LogP contribution in [0.3, 0.4) is 0 Å². The van der Waals surface area contributed by atoms with Crippen LogP contribution in [0.25, 0.3) is 56.9 Å². The lowest BCUT2D eigenvalue weighted by Gasteiger charge is -2.35. The molecule has 1 aliphatic rings. The van der Waals surface area contributed by atoms with Gasteiger partial charge in [0.25, 0.3) is 0 Å². The fourth-order valence-corrected chi connectivity index (χ4v) is 10.6. The molecule has 9 rings (SSSR count). The average Bonchev–Trinajstić information content (AvgIpc) is 4.15. The van der Waals surface area contributed by atoms with Gasteiger partial charge in [-0.2, -0.15) is 0 Å². The molecule has 0 fully saturated rings. The van der Waals surface area contributed by atoms with Crippen LogP contribution < -0.4 is 9.80 Å². The second kappa shape index (κ2) is 21.7. The summed E-state index contributed by atoms with van der Waals surface area (Å²) in [5, 5.41) is 17.5. The Bertz CT molecular complexity index is 2720. The molecule has 0 saturated carbocycles. The molecule has 0 unspecified atom stereocenters. The van der Waals surface area contributed by atoms with Crippen LogP contribution in [-0.2, 0) is 5.41 Å². The lowest BCUT2D eigenvalue weighted by molar-refractivity contribution is 0.398. The largest absolute Gasteiger partial charge is 0.416 e. The first-order valence-corrected chi connectivity index (χ1v) is 25.5. The van der Waals surface area contributed by atoms with Crippen LogP contribution in [0.2, 0.25) is 0 Å². The highest BCUT2D eigenvalue weighted by atomic mass is 16.4. The average molecular weight is 917 g/mol. The van der Waals surface area contributed by atoms with E-state index in [2.05, 4.69) is 145 Å². The second-order valence-corrected chi connectivity index (χ2v) is 19.3. The summed E-state index contributed by atoms with van der Waals surface area (Å²) >= 11 is 0. The van der Waals surface area contributed by atoms with E-state index in [-0.39, 0.29) is 5.41 Å². The number of unbranched alkanes of at least 4 members (excludes halogenated alkanes) is 10. The van der Waals surface area contributed by atoms with E-state index in [4.69, 9.17) is 8.83 Å². The van der Waals surface area contributed by atoms with Gasteiger partial charge in [0.15, 0.2) is 0 Å². The van der Waals surface area contributed by atoms with Gasteiger partial charge in [0.2, 0.25) is 23.6 Å². The summed E-state index contributed by atoms with van der Waals surface area (Å²) in [7, 11) is 4.41. The molecule has 0 saturated heterocycles. The molecule has 8 aromatic rings. The maximum atomic E-state index is 6.13. The minimum absolute atomic E-state index is 0.108. The van der Waals surface area contributed by atoms with E-state index < -0.39 is 0 Å². The minimum Gasteiger partial charge on any atom is -0.416 e. The number of rotatable bonds is 22. The van der Waals surface area contributed by atoms with E-state index in [1.807, 2.05) is 60.7 Å². The van der Waals surface area contributed by atoms with Crippen molar-refractivity contribution in [3.8, 4) is 56.9 Å². The first-order chi connectivity index (χ1) is 33.8. The maximum Gasteiger partial charge on any atom is 0.248 e. The molecule has 2 aromatic heterocycles. The van der Waals surface area contributed by atoms with Gasteiger partial charge in [0, 0.05) is 64.5 Å². The summed E-state index contributed by atoms with van der Waals surface area (Å²) in [6.45, 7) is 9.17. The molecule has 0 N–H and O–H groups in total. The lowest BCUT2D eigenvalue weighted by atomic mass is 9.70. The smallest absolute Gasteiger partial charge is 0.248 e. The monoisotopic (exact) mass is 917 g/mol. The van der Waals surface area contributed by atoms with Crippen molar-refractivity contribution in [3.05, 3.63) is 156 Å². The molecule has 69 heavy (non-hydrogen) atoms. The summed E-state index contributed by atoms with van der Waals surface area (Å²) in [6, 6.07) is 47.0. The topological polar surface area (TPSA) is 84.3 Å². The first-order valence-electron chi connectivity index (χ1n) is 25.5. The van der Waals surface area contributed by atoms with Gasteiger partial charge < -0.3 is 18.6 Å². The fourth-order valence-electron chi connectivity index (χ4n) is 10.6. The Hall–Kier alpha value is -6.80. The highest BCUT2D eigenvalue weighted by Crippen LogP contribution is 2.57. The molecular formula is C61H68N6O2. The van der Waals surface area contributed by atoms with Crippen LogP contribution in [0.1, 0.15) is 126 Å². The van der Waals surface area contributed by atoms with Gasteiger partial charge in [-0.05, 0) is 157 Å². The third kappa shape index (κ3) is 10.2. The van der Waals surface area contributed by atoms with E-state index in [1.54, 1.807) is 0 Å². The van der Waals surface area contributed by atoms with Crippen LogP contribution in [0, 0.1) is 13.8 Å². The minimum atomic E-state index is -0.108. The van der Waals surface area contributed by atoms with Crippen molar-refractivity contribution in [2.24, 2.45) is 0 Å². The number of aromatic nitrogens is 4. The van der Waals surface area contributed by atoms with Crippen LogP contribution in [0.5, 0.6) is 0 Å². The normalized spacial score (nSPS) is 12.6. The van der Waals surface area contributed by atoms with Crippen LogP contribution in [0.15, 0.2) is 142 Å². The van der Waals surface area contributed by atoms with Gasteiger partial charge in [0.05, 0.1) is 0 Å². The summed E-state index contributed by atoms with van der Waals surface area (Å²) < 4.78 is 12.3. The molecule has 0 atom stereocenters. The number of nitrogens with zero attached hydrogens (tertiary/aromatic N) is 6. The summed E-state index contributed by atoms with van der Waals surface area (Å²) in [6.07, 6.45) is 17.6. The number of benzene rings is 6. The molecule has 0 bridgehead atoms. The van der Waals surface area contributed by atoms with Crippen molar-refractivity contribution in [1.29, 1.82) is 0 Å². The van der Waals surface area contributed by atoms with Gasteiger partial charge in [-0.15, -0.1) is 20.4 Å². The van der Waals surface area contributed by atoms with Crippen molar-refractivity contribution < 1.29 is 8.83 Å². The molecule has 2 heterocycles. The van der Waals surface area contributed by atoms with Crippen molar-refractivity contribution in [2.75, 3.05) is 23.9 Å². The van der Waals surface area contributed by atoms with Crippen molar-refractivity contribution in [1.82, 2.24) is 20.4 Å². The molecule has 1 aliphatic carbocycles. The zero-order valence-electron chi connectivity index (χ0n) is 41.6. The Labute approximate surface area is 409 Å². The molecule has 8 heteroatoms. The first kappa shape index (κ1) is 47.3. The summed E-state index contributed by atoms with van der Waals surface area (Å²) in [4.78, 5) is 4.72. The van der Waals surface area contributed by atoms with Gasteiger partial charge >= 0.3 is 0 Å². The number of anilines is 4. The Morgan fingerprint density at radius 2 is 0.739 bits per heavy atom. The Morgan fingerprint density at radius 1 is 0.406 bits per heavy atom. The Morgan fingerprint density at radius 3 is 1.10 bits per heavy atom. The van der Waals surface area contributed by atoms with Gasteiger partial charge in [0.1, 0.15) is 0 Å². The van der Waals surface area contributed by atoms with Crippen LogP contribution >= 0.6 is 0 Å². The summed E-state index contributed by atoms with van der Waals surface area (Å²) in [5.41, 5.74) is 16.5. The highest BCUT2D eigenvalue weighted by molar-refractivity contribution is 5.88. The van der Waals surface area contributed by atoms with Crippen molar-refractivity contribution >= 4 is 22.7 Å². The van der Waals surface area contributed by atoms with Gasteiger partial charge in [-0.3, -0.25) is 0 Å². The number of hydrogen-bond donors (Lipinski definition) is 0. The quantitative estimate of drug-likeness (QED) is 0.0622. The van der Waals surface area contributed by atoms with E-state index in [1.165, 1.54) is 122 Å². The predicted octanol–water partition coefficient (Wildman–Crippen LogP) is 17.0. The van der Waals surface area contributed by atoms with E-state index in [0.717, 1.165) is 46.5 Å². The second-order valence-electron chi connectivity index (χ2n) is 19.3. The van der Waals surface area contributed by atoms with Crippen molar-refractivity contribution in [2.45, 2.75) is 123 Å². The molecule has 354 valence electrons. The van der Waals surface area contributed by atoms with Crippen LogP contribution in [0.4, 0.5) is 22.7 Å². The highest BCUT2D eigenvalue weighted by Gasteiger charge is 2.43. The zero-order valence-corrected chi connectivity index (χ0v) is 41.6. The Kier molecular flexibility index (Phi) is 14.8. The van der Waals surface area contributed by atoms with Gasteiger partial charge in [-0.25, -0.2) is 0 Å². The molecular weight excluding hydrogens is 849 g/mol. The summed E-state index contributed by atoms with van der Waals surface area (Å²) in [5.74, 6) is 2.08. The fraction of sp³-hybridized carbons (Fsp3) is 0.344. The molecule has 8 nitrogen and oxygen atoms in total. The third-order valence-corrected chi connectivity index (χ3v) is 14.5. The van der Waals surface area contributed by atoms with E-state index in [0.29, 0.717) is 23.6 Å². The van der Waals surface area contributed by atoms with Crippen molar-refractivity contribution in [3.63, 3.8) is 0 Å².